The molecule has 0 fully saturated rings. The summed E-state index contributed by atoms with van der Waals surface area (Å²) in [5.41, 5.74) is 0. The van der Waals surface area contributed by atoms with E-state index in [9.17, 15) is 26.3 Å². The smallest absolute Gasteiger partial charge is 0.293 e. The Bertz CT molecular complexity index is 103. The predicted octanol–water partition coefficient (Wildman–Crippen LogP) is 1.12. The van der Waals surface area contributed by atoms with Crippen LogP contribution in [-0.4, -0.2) is 42.2 Å². The van der Waals surface area contributed by atoms with Crippen molar-refractivity contribution in [3.63, 3.8) is 0 Å². The summed E-state index contributed by atoms with van der Waals surface area (Å²) >= 11 is 0. The van der Waals surface area contributed by atoms with Gasteiger partial charge in [-0.2, -0.15) is 0 Å². The quantitative estimate of drug-likeness (QED) is 0.691. The molecular formula is C5H8F6O2. The van der Waals surface area contributed by atoms with Gasteiger partial charge in [-0.25, -0.2) is 26.3 Å². The first-order valence-corrected chi connectivity index (χ1v) is 2.96. The van der Waals surface area contributed by atoms with E-state index < -0.39 is 32.0 Å². The summed E-state index contributed by atoms with van der Waals surface area (Å²) in [5.74, 6) is 0. The lowest BCUT2D eigenvalue weighted by molar-refractivity contribution is -0.0843. The fourth-order valence-corrected chi connectivity index (χ4v) is 0.0797. The van der Waals surface area contributed by atoms with Crippen LogP contribution in [-0.2, 0) is 0 Å². The second-order valence-electron chi connectivity index (χ2n) is 1.74. The molecular weight excluding hydrogens is 206 g/mol. The summed E-state index contributed by atoms with van der Waals surface area (Å²) in [7, 11) is 0. The first-order chi connectivity index (χ1) is 5.82. The normalized spacial score (nSPS) is 15.2. The number of aliphatic hydroxyl groups excluding tert-OH is 2. The molecule has 0 saturated carbocycles. The minimum atomic E-state index is -3.26. The maximum absolute atomic E-state index is 11.3. The van der Waals surface area contributed by atoms with Gasteiger partial charge in [0.2, 0.25) is 0 Å². The van der Waals surface area contributed by atoms with E-state index >= 15 is 0 Å². The van der Waals surface area contributed by atoms with Gasteiger partial charge in [0.1, 0.15) is 0 Å². The molecule has 2 unspecified atom stereocenters. The maximum atomic E-state index is 11.3. The second kappa shape index (κ2) is 8.11. The average Bonchev–Trinajstić information content (AvgIpc) is 2.03. The fourth-order valence-electron chi connectivity index (χ4n) is 0.0797. The van der Waals surface area contributed by atoms with E-state index in [2.05, 4.69) is 0 Å². The Hall–Kier alpha value is -0.500. The fraction of sp³-hybridized carbons (Fsp3) is 1.00. The van der Waals surface area contributed by atoms with Crippen LogP contribution in [0, 0.1) is 0 Å². The van der Waals surface area contributed by atoms with Gasteiger partial charge in [0.15, 0.2) is 6.17 Å². The summed E-state index contributed by atoms with van der Waals surface area (Å²) in [6, 6.07) is 0. The molecule has 0 rings (SSSR count). The van der Waals surface area contributed by atoms with Crippen molar-refractivity contribution in [1.82, 2.24) is 0 Å². The number of hydrogen-bond acceptors (Lipinski definition) is 2. The molecule has 82 valence electrons. The third-order valence-electron chi connectivity index (χ3n) is 0.656. The molecule has 0 spiro atoms. The first-order valence-electron chi connectivity index (χ1n) is 2.96. The largest absolute Gasteiger partial charge is 0.393 e. The van der Waals surface area contributed by atoms with Gasteiger partial charge >= 0.3 is 0 Å². The van der Waals surface area contributed by atoms with Crippen LogP contribution < -0.4 is 0 Å². The van der Waals surface area contributed by atoms with Crippen LogP contribution >= 0.6 is 0 Å². The third-order valence-corrected chi connectivity index (χ3v) is 0.656. The van der Waals surface area contributed by atoms with Crippen molar-refractivity contribution in [2.45, 2.75) is 25.4 Å². The van der Waals surface area contributed by atoms with Crippen molar-refractivity contribution >= 4 is 0 Å². The van der Waals surface area contributed by atoms with Crippen LogP contribution in [0.5, 0.6) is 0 Å². The molecule has 13 heavy (non-hydrogen) atoms. The Balaban J connectivity index is 0. The van der Waals surface area contributed by atoms with Crippen LogP contribution in [0.15, 0.2) is 0 Å². The van der Waals surface area contributed by atoms with E-state index in [0.29, 0.717) is 0 Å². The molecule has 2 N–H and O–H groups in total. The molecule has 0 aromatic rings. The lowest BCUT2D eigenvalue weighted by Crippen LogP contribution is -2.15. The van der Waals surface area contributed by atoms with Crippen LogP contribution in [0.1, 0.15) is 0 Å². The Morgan fingerprint density at radius 1 is 0.846 bits per heavy atom. The molecule has 2 atom stereocenters. The summed E-state index contributed by atoms with van der Waals surface area (Å²) in [6.45, 7) is -1.10. The molecule has 0 aromatic heterocycles. The van der Waals surface area contributed by atoms with Gasteiger partial charge in [0, 0.05) is 0 Å². The van der Waals surface area contributed by atoms with Gasteiger partial charge < -0.3 is 10.2 Å². The van der Waals surface area contributed by atoms with E-state index in [-0.39, 0.29) is 0 Å². The molecule has 0 aliphatic heterocycles. The maximum Gasteiger partial charge on any atom is 0.293 e. The Labute approximate surface area is 69.8 Å². The third kappa shape index (κ3) is 11.5. The van der Waals surface area contributed by atoms with Crippen LogP contribution in [0.2, 0.25) is 0 Å². The molecule has 2 nitrogen and oxygen atoms in total. The topological polar surface area (TPSA) is 40.5 Å². The summed E-state index contributed by atoms with van der Waals surface area (Å²) in [5, 5.41) is 14.9. The van der Waals surface area contributed by atoms with E-state index in [4.69, 9.17) is 10.2 Å². The predicted molar refractivity (Wildman–Crippen MR) is 31.1 cm³/mol. The standard InChI is InChI=1S/C3H5F3O.C2H3F3O/c4-2(1-7)3(5)6;3-1(4)2(5)6/h2-3,7H,1H2;1-2,6H. The first kappa shape index (κ1) is 15.0. The Morgan fingerprint density at radius 3 is 1.15 bits per heavy atom. The highest BCUT2D eigenvalue weighted by atomic mass is 19.3. The van der Waals surface area contributed by atoms with Crippen molar-refractivity contribution in [3.05, 3.63) is 0 Å². The summed E-state index contributed by atoms with van der Waals surface area (Å²) in [4.78, 5) is 0. The molecule has 8 heteroatoms. The molecule has 0 radical (unpaired) electrons. The molecule has 0 amide bonds. The van der Waals surface area contributed by atoms with Gasteiger partial charge in [-0.3, -0.25) is 0 Å². The van der Waals surface area contributed by atoms with Crippen LogP contribution in [0.4, 0.5) is 26.3 Å². The molecule has 0 aromatic carbocycles. The van der Waals surface area contributed by atoms with Gasteiger partial charge in [-0.1, -0.05) is 0 Å². The molecule has 0 bridgehead atoms. The van der Waals surface area contributed by atoms with E-state index in [1.165, 1.54) is 0 Å². The number of rotatable bonds is 3. The molecule has 0 saturated heterocycles. The van der Waals surface area contributed by atoms with Crippen molar-refractivity contribution in [1.29, 1.82) is 0 Å². The van der Waals surface area contributed by atoms with Crippen molar-refractivity contribution in [2.75, 3.05) is 6.61 Å². The van der Waals surface area contributed by atoms with Gasteiger partial charge in [-0.15, -0.1) is 0 Å². The van der Waals surface area contributed by atoms with Gasteiger partial charge in [-0.05, 0) is 0 Å². The molecule has 0 aliphatic rings. The van der Waals surface area contributed by atoms with E-state index in [1.54, 1.807) is 0 Å². The summed E-state index contributed by atoms with van der Waals surface area (Å²) in [6.07, 6.45) is -11.7. The number of halogens is 6. The van der Waals surface area contributed by atoms with Crippen molar-refractivity contribution < 1.29 is 36.6 Å². The second-order valence-corrected chi connectivity index (χ2v) is 1.74. The highest BCUT2D eigenvalue weighted by Gasteiger charge is 2.16. The number of alkyl halides is 6. The lowest BCUT2D eigenvalue weighted by atomic mass is 10.4. The number of hydrogen-bond donors (Lipinski definition) is 2. The van der Waals surface area contributed by atoms with E-state index in [1.807, 2.05) is 0 Å². The van der Waals surface area contributed by atoms with Gasteiger partial charge in [0.05, 0.1) is 6.61 Å². The Kier molecular flexibility index (Phi) is 9.36. The summed E-state index contributed by atoms with van der Waals surface area (Å²) < 4.78 is 64.7. The van der Waals surface area contributed by atoms with Crippen LogP contribution in [0.25, 0.3) is 0 Å². The van der Waals surface area contributed by atoms with Gasteiger partial charge in [0.25, 0.3) is 19.2 Å². The zero-order valence-corrected chi connectivity index (χ0v) is 6.18. The molecule has 0 aliphatic carbocycles. The minimum Gasteiger partial charge on any atom is -0.393 e. The van der Waals surface area contributed by atoms with E-state index in [0.717, 1.165) is 0 Å². The number of aliphatic hydroxyl groups is 2. The van der Waals surface area contributed by atoms with Crippen molar-refractivity contribution in [3.8, 4) is 0 Å². The lowest BCUT2D eigenvalue weighted by Gasteiger charge is -1.98. The highest BCUT2D eigenvalue weighted by Crippen LogP contribution is 2.02. The monoisotopic (exact) mass is 214 g/mol. The van der Waals surface area contributed by atoms with Crippen LogP contribution in [0.3, 0.4) is 0 Å². The SMILES string of the molecule is OC(F)C(F)F.OCC(F)C(F)F. The zero-order chi connectivity index (χ0) is 11.0. The molecule has 0 heterocycles. The van der Waals surface area contributed by atoms with Crippen molar-refractivity contribution in [2.24, 2.45) is 0 Å². The zero-order valence-electron chi connectivity index (χ0n) is 6.18. The Morgan fingerprint density at radius 2 is 1.15 bits per heavy atom. The average molecular weight is 214 g/mol. The highest BCUT2D eigenvalue weighted by molar-refractivity contribution is 4.52. The minimum absolute atomic E-state index is 1.10.